The van der Waals surface area contributed by atoms with Crippen molar-refractivity contribution in [2.24, 2.45) is 5.73 Å². The fourth-order valence-corrected chi connectivity index (χ4v) is 1.48. The van der Waals surface area contributed by atoms with E-state index >= 15 is 0 Å². The molecule has 0 aliphatic heterocycles. The summed E-state index contributed by atoms with van der Waals surface area (Å²) in [6.45, 7) is 0.0678. The Kier molecular flexibility index (Phi) is 3.83. The molecule has 0 heterocycles. The van der Waals surface area contributed by atoms with Gasteiger partial charge in [0, 0.05) is 5.56 Å². The SMILES string of the molecule is Cl.NCC(=O)c1ccc2ccccc2c1. The standard InChI is InChI=1S/C12H11NO.ClH/c13-8-12(14)11-6-5-9-3-1-2-4-10(9)7-11;/h1-7H,8,13H2;1H. The summed E-state index contributed by atoms with van der Waals surface area (Å²) >= 11 is 0. The van der Waals surface area contributed by atoms with Crippen molar-refractivity contribution in [2.45, 2.75) is 0 Å². The maximum atomic E-state index is 11.3. The Morgan fingerprint density at radius 2 is 1.73 bits per heavy atom. The van der Waals surface area contributed by atoms with Crippen molar-refractivity contribution in [1.82, 2.24) is 0 Å². The van der Waals surface area contributed by atoms with Crippen LogP contribution in [0.3, 0.4) is 0 Å². The number of carbonyl (C=O) groups is 1. The molecule has 2 aromatic rings. The summed E-state index contributed by atoms with van der Waals surface area (Å²) < 4.78 is 0. The minimum Gasteiger partial charge on any atom is -0.324 e. The van der Waals surface area contributed by atoms with Crippen molar-refractivity contribution in [3.05, 3.63) is 48.0 Å². The summed E-state index contributed by atoms with van der Waals surface area (Å²) in [7, 11) is 0. The van der Waals surface area contributed by atoms with Gasteiger partial charge in [-0.2, -0.15) is 0 Å². The van der Waals surface area contributed by atoms with Gasteiger partial charge in [0.15, 0.2) is 5.78 Å². The van der Waals surface area contributed by atoms with E-state index in [0.29, 0.717) is 5.56 Å². The lowest BCUT2D eigenvalue weighted by Crippen LogP contribution is -2.13. The van der Waals surface area contributed by atoms with Crippen molar-refractivity contribution >= 4 is 29.0 Å². The highest BCUT2D eigenvalue weighted by Crippen LogP contribution is 2.15. The molecule has 0 atom stereocenters. The average Bonchev–Trinajstić information content (AvgIpc) is 2.27. The van der Waals surface area contributed by atoms with Crippen LogP contribution in [0.4, 0.5) is 0 Å². The Morgan fingerprint density at radius 1 is 1.07 bits per heavy atom. The molecule has 78 valence electrons. The lowest BCUT2D eigenvalue weighted by molar-refractivity contribution is 0.100. The lowest BCUT2D eigenvalue weighted by Gasteiger charge is -2.00. The normalized spacial score (nSPS) is 9.67. The largest absolute Gasteiger partial charge is 0.324 e. The molecule has 0 bridgehead atoms. The second-order valence-electron chi connectivity index (χ2n) is 3.19. The van der Waals surface area contributed by atoms with Gasteiger partial charge >= 0.3 is 0 Å². The van der Waals surface area contributed by atoms with Gasteiger partial charge in [0.1, 0.15) is 0 Å². The molecule has 2 nitrogen and oxygen atoms in total. The van der Waals surface area contributed by atoms with Gasteiger partial charge in [0.25, 0.3) is 0 Å². The fourth-order valence-electron chi connectivity index (χ4n) is 1.48. The van der Waals surface area contributed by atoms with E-state index in [-0.39, 0.29) is 24.7 Å². The first kappa shape index (κ1) is 11.7. The molecule has 0 fully saturated rings. The summed E-state index contributed by atoms with van der Waals surface area (Å²) in [5.74, 6) is -0.0178. The Balaban J connectivity index is 0.00000112. The van der Waals surface area contributed by atoms with Gasteiger partial charge in [-0.25, -0.2) is 0 Å². The summed E-state index contributed by atoms with van der Waals surface area (Å²) in [4.78, 5) is 11.3. The molecule has 2 N–H and O–H groups in total. The molecule has 0 aliphatic carbocycles. The zero-order valence-electron chi connectivity index (χ0n) is 8.14. The predicted molar refractivity (Wildman–Crippen MR) is 64.6 cm³/mol. The van der Waals surface area contributed by atoms with Gasteiger partial charge in [0.05, 0.1) is 6.54 Å². The maximum absolute atomic E-state index is 11.3. The average molecular weight is 222 g/mol. The Bertz CT molecular complexity index is 482. The second-order valence-corrected chi connectivity index (χ2v) is 3.19. The van der Waals surface area contributed by atoms with Crippen molar-refractivity contribution in [3.63, 3.8) is 0 Å². The lowest BCUT2D eigenvalue weighted by atomic mass is 10.0. The van der Waals surface area contributed by atoms with Gasteiger partial charge in [-0.3, -0.25) is 4.79 Å². The molecule has 2 rings (SSSR count). The van der Waals surface area contributed by atoms with Crippen molar-refractivity contribution in [1.29, 1.82) is 0 Å². The van der Waals surface area contributed by atoms with E-state index in [4.69, 9.17) is 5.73 Å². The van der Waals surface area contributed by atoms with E-state index in [1.54, 1.807) is 0 Å². The molecule has 0 amide bonds. The highest BCUT2D eigenvalue weighted by molar-refractivity contribution is 6.00. The van der Waals surface area contributed by atoms with Gasteiger partial charge < -0.3 is 5.73 Å². The number of Topliss-reactive ketones (excluding diaryl/α,β-unsaturated/α-hetero) is 1. The first-order valence-electron chi connectivity index (χ1n) is 4.53. The molecule has 0 unspecified atom stereocenters. The smallest absolute Gasteiger partial charge is 0.176 e. The van der Waals surface area contributed by atoms with Crippen LogP contribution < -0.4 is 5.73 Å². The Hall–Kier alpha value is -1.38. The third-order valence-corrected chi connectivity index (χ3v) is 2.26. The van der Waals surface area contributed by atoms with Gasteiger partial charge in [-0.15, -0.1) is 12.4 Å². The number of hydrogen-bond donors (Lipinski definition) is 1. The second kappa shape index (κ2) is 4.91. The minimum absolute atomic E-state index is 0. The number of fused-ring (bicyclic) bond motifs is 1. The number of carbonyl (C=O) groups excluding carboxylic acids is 1. The van der Waals surface area contributed by atoms with Crippen LogP contribution >= 0.6 is 12.4 Å². The molecular formula is C12H12ClNO. The molecule has 0 aliphatic rings. The van der Waals surface area contributed by atoms with Crippen LogP contribution in [0.1, 0.15) is 10.4 Å². The van der Waals surface area contributed by atoms with E-state index in [1.807, 2.05) is 42.5 Å². The van der Waals surface area contributed by atoms with E-state index in [1.165, 1.54) is 0 Å². The van der Waals surface area contributed by atoms with Crippen LogP contribution in [0, 0.1) is 0 Å². The van der Waals surface area contributed by atoms with Crippen molar-refractivity contribution < 1.29 is 4.79 Å². The predicted octanol–water partition coefficient (Wildman–Crippen LogP) is 2.40. The summed E-state index contributed by atoms with van der Waals surface area (Å²) in [6.07, 6.45) is 0. The highest BCUT2D eigenvalue weighted by Gasteiger charge is 2.02. The van der Waals surface area contributed by atoms with Crippen molar-refractivity contribution in [2.75, 3.05) is 6.54 Å². The monoisotopic (exact) mass is 221 g/mol. The minimum atomic E-state index is -0.0178. The van der Waals surface area contributed by atoms with Gasteiger partial charge in [0.2, 0.25) is 0 Å². The first-order valence-corrected chi connectivity index (χ1v) is 4.53. The Morgan fingerprint density at radius 3 is 2.40 bits per heavy atom. The number of nitrogens with two attached hydrogens (primary N) is 1. The molecule has 0 saturated carbocycles. The molecular weight excluding hydrogens is 210 g/mol. The van der Waals surface area contributed by atoms with Crippen LogP contribution in [0.5, 0.6) is 0 Å². The zero-order chi connectivity index (χ0) is 9.97. The fraction of sp³-hybridized carbons (Fsp3) is 0.0833. The molecule has 0 aromatic heterocycles. The third kappa shape index (κ3) is 2.35. The van der Waals surface area contributed by atoms with Crippen LogP contribution in [-0.2, 0) is 0 Å². The van der Waals surface area contributed by atoms with Gasteiger partial charge in [-0.1, -0.05) is 36.4 Å². The zero-order valence-corrected chi connectivity index (χ0v) is 8.96. The number of benzene rings is 2. The molecule has 3 heteroatoms. The highest BCUT2D eigenvalue weighted by atomic mass is 35.5. The van der Waals surface area contributed by atoms with Crippen molar-refractivity contribution in [3.8, 4) is 0 Å². The number of ketones is 1. The summed E-state index contributed by atoms with van der Waals surface area (Å²) in [6, 6.07) is 13.6. The van der Waals surface area contributed by atoms with Crippen LogP contribution in [0.2, 0.25) is 0 Å². The Labute approximate surface area is 94.5 Å². The summed E-state index contributed by atoms with van der Waals surface area (Å²) in [5.41, 5.74) is 5.98. The molecule has 0 radical (unpaired) electrons. The summed E-state index contributed by atoms with van der Waals surface area (Å²) in [5, 5.41) is 2.22. The van der Waals surface area contributed by atoms with Crippen LogP contribution in [-0.4, -0.2) is 12.3 Å². The maximum Gasteiger partial charge on any atom is 0.176 e. The number of hydrogen-bond acceptors (Lipinski definition) is 2. The number of halogens is 1. The molecule has 15 heavy (non-hydrogen) atoms. The molecule has 0 saturated heterocycles. The van der Waals surface area contributed by atoms with E-state index in [9.17, 15) is 4.79 Å². The van der Waals surface area contributed by atoms with Gasteiger partial charge in [-0.05, 0) is 16.8 Å². The molecule has 0 spiro atoms. The number of rotatable bonds is 2. The van der Waals surface area contributed by atoms with E-state index in [2.05, 4.69) is 0 Å². The van der Waals surface area contributed by atoms with E-state index < -0.39 is 0 Å². The van der Waals surface area contributed by atoms with E-state index in [0.717, 1.165) is 10.8 Å². The topological polar surface area (TPSA) is 43.1 Å². The third-order valence-electron chi connectivity index (χ3n) is 2.26. The quantitative estimate of drug-likeness (QED) is 0.792. The molecule has 2 aromatic carbocycles. The van der Waals surface area contributed by atoms with Crippen LogP contribution in [0.15, 0.2) is 42.5 Å². The first-order chi connectivity index (χ1) is 6.81. The van der Waals surface area contributed by atoms with Crippen LogP contribution in [0.25, 0.3) is 10.8 Å².